The number of hydrogen-bond donors (Lipinski definition) is 0. The summed E-state index contributed by atoms with van der Waals surface area (Å²) in [5.74, 6) is 0. The molecule has 0 amide bonds. The molecular weight excluding hydrogens is 288 g/mol. The normalized spacial score (nSPS) is 17.8. The number of nitrogens with zero attached hydrogens (tertiary/aromatic N) is 2. The van der Waals surface area contributed by atoms with Crippen LogP contribution in [0.3, 0.4) is 0 Å². The molecule has 0 saturated carbocycles. The van der Waals surface area contributed by atoms with Gasteiger partial charge in [0.15, 0.2) is 0 Å². The number of anilines is 1. The molecule has 0 N–H and O–H groups in total. The van der Waals surface area contributed by atoms with Crippen LogP contribution < -0.4 is 4.90 Å². The number of rotatable bonds is 2. The van der Waals surface area contributed by atoms with Crippen molar-refractivity contribution in [1.29, 1.82) is 0 Å². The Morgan fingerprint density at radius 2 is 1.94 bits per heavy atom. The van der Waals surface area contributed by atoms with Crippen molar-refractivity contribution in [3.05, 3.63) is 28.8 Å². The number of piperazine rings is 1. The van der Waals surface area contributed by atoms with Crippen molar-refractivity contribution in [3.63, 3.8) is 0 Å². The van der Waals surface area contributed by atoms with Crippen LogP contribution in [0.25, 0.3) is 0 Å². The van der Waals surface area contributed by atoms with Gasteiger partial charge >= 0.3 is 0 Å². The van der Waals surface area contributed by atoms with Gasteiger partial charge in [0, 0.05) is 42.2 Å². The van der Waals surface area contributed by atoms with E-state index in [1.54, 1.807) is 0 Å². The Hall–Kier alpha value is -0.250. The molecule has 1 heterocycles. The summed E-state index contributed by atoms with van der Waals surface area (Å²) in [6.45, 7) is 4.45. The van der Waals surface area contributed by atoms with E-state index < -0.39 is 0 Å². The minimum absolute atomic E-state index is 0.812. The van der Waals surface area contributed by atoms with E-state index >= 15 is 0 Å². The maximum absolute atomic E-state index is 6.01. The average molecular weight is 304 g/mol. The Morgan fingerprint density at radius 3 is 2.56 bits per heavy atom. The minimum Gasteiger partial charge on any atom is -0.369 e. The number of alkyl halides is 1. The van der Waals surface area contributed by atoms with Gasteiger partial charge in [0.05, 0.1) is 0 Å². The van der Waals surface area contributed by atoms with Crippen LogP contribution in [0.1, 0.15) is 5.56 Å². The van der Waals surface area contributed by atoms with Gasteiger partial charge in [-0.3, -0.25) is 0 Å². The highest BCUT2D eigenvalue weighted by Crippen LogP contribution is 2.27. The predicted octanol–water partition coefficient (Wildman–Crippen LogP) is 2.99. The van der Waals surface area contributed by atoms with E-state index in [1.165, 1.54) is 11.3 Å². The Labute approximate surface area is 110 Å². The number of benzene rings is 1. The molecule has 0 radical (unpaired) electrons. The van der Waals surface area contributed by atoms with E-state index in [0.29, 0.717) is 0 Å². The Morgan fingerprint density at radius 1 is 1.25 bits per heavy atom. The van der Waals surface area contributed by atoms with Crippen LogP contribution in [0.4, 0.5) is 5.69 Å². The second kappa shape index (κ2) is 5.39. The van der Waals surface area contributed by atoms with E-state index in [-0.39, 0.29) is 0 Å². The molecule has 0 aliphatic carbocycles. The summed E-state index contributed by atoms with van der Waals surface area (Å²) >= 11 is 9.54. The zero-order valence-electron chi connectivity index (χ0n) is 9.42. The molecule has 0 unspecified atom stereocenters. The highest BCUT2D eigenvalue weighted by molar-refractivity contribution is 9.08. The van der Waals surface area contributed by atoms with Gasteiger partial charge in [0.2, 0.25) is 0 Å². The zero-order chi connectivity index (χ0) is 11.5. The number of hydrogen-bond acceptors (Lipinski definition) is 2. The monoisotopic (exact) mass is 302 g/mol. The third kappa shape index (κ3) is 2.70. The topological polar surface area (TPSA) is 6.48 Å². The summed E-state index contributed by atoms with van der Waals surface area (Å²) in [4.78, 5) is 4.80. The van der Waals surface area contributed by atoms with Crippen LogP contribution >= 0.6 is 27.5 Å². The first-order chi connectivity index (χ1) is 7.70. The Bertz CT molecular complexity index is 362. The smallest absolute Gasteiger partial charge is 0.0410 e. The quantitative estimate of drug-likeness (QED) is 0.775. The van der Waals surface area contributed by atoms with Crippen LogP contribution in [0, 0.1) is 0 Å². The molecule has 1 aromatic carbocycles. The van der Waals surface area contributed by atoms with Crippen LogP contribution in [-0.2, 0) is 5.33 Å². The lowest BCUT2D eigenvalue weighted by atomic mass is 10.1. The van der Waals surface area contributed by atoms with Crippen molar-refractivity contribution in [2.75, 3.05) is 38.1 Å². The fourth-order valence-electron chi connectivity index (χ4n) is 2.02. The molecule has 16 heavy (non-hydrogen) atoms. The third-order valence-electron chi connectivity index (χ3n) is 3.03. The summed E-state index contributed by atoms with van der Waals surface area (Å²) in [7, 11) is 2.17. The largest absolute Gasteiger partial charge is 0.369 e. The van der Waals surface area contributed by atoms with Crippen molar-refractivity contribution < 1.29 is 0 Å². The molecule has 0 atom stereocenters. The van der Waals surface area contributed by atoms with Crippen molar-refractivity contribution in [3.8, 4) is 0 Å². The van der Waals surface area contributed by atoms with E-state index in [0.717, 1.165) is 36.5 Å². The summed E-state index contributed by atoms with van der Waals surface area (Å²) < 4.78 is 0. The first kappa shape index (κ1) is 12.2. The van der Waals surface area contributed by atoms with Crippen molar-refractivity contribution in [1.82, 2.24) is 4.90 Å². The van der Waals surface area contributed by atoms with Gasteiger partial charge in [-0.25, -0.2) is 0 Å². The first-order valence-corrected chi connectivity index (χ1v) is 6.98. The van der Waals surface area contributed by atoms with Crippen molar-refractivity contribution in [2.45, 2.75) is 5.33 Å². The summed E-state index contributed by atoms with van der Waals surface area (Å²) in [6, 6.07) is 6.15. The van der Waals surface area contributed by atoms with E-state index in [2.05, 4.69) is 38.8 Å². The predicted molar refractivity (Wildman–Crippen MR) is 73.8 cm³/mol. The third-order valence-corrected chi connectivity index (χ3v) is 3.87. The van der Waals surface area contributed by atoms with Crippen molar-refractivity contribution in [2.24, 2.45) is 0 Å². The standard InChI is InChI=1S/C12H16BrClN2/c1-15-4-6-16(7-5-15)12-3-2-11(14)8-10(12)9-13/h2-3,8H,4-7,9H2,1H3. The molecule has 1 aliphatic rings. The fraction of sp³-hybridized carbons (Fsp3) is 0.500. The maximum atomic E-state index is 6.01. The molecular formula is C12H16BrClN2. The van der Waals surface area contributed by atoms with Gasteiger partial charge in [0.1, 0.15) is 0 Å². The first-order valence-electron chi connectivity index (χ1n) is 5.48. The maximum Gasteiger partial charge on any atom is 0.0410 e. The highest BCUT2D eigenvalue weighted by Gasteiger charge is 2.16. The van der Waals surface area contributed by atoms with Gasteiger partial charge in [-0.15, -0.1) is 0 Å². The highest BCUT2D eigenvalue weighted by atomic mass is 79.9. The Kier molecular flexibility index (Phi) is 4.11. The zero-order valence-corrected chi connectivity index (χ0v) is 11.8. The van der Waals surface area contributed by atoms with Crippen LogP contribution in [0.2, 0.25) is 5.02 Å². The Balaban J connectivity index is 2.19. The van der Waals surface area contributed by atoms with Gasteiger partial charge in [-0.05, 0) is 30.8 Å². The van der Waals surface area contributed by atoms with Crippen LogP contribution in [0.5, 0.6) is 0 Å². The molecule has 2 rings (SSSR count). The minimum atomic E-state index is 0.812. The lowest BCUT2D eigenvalue weighted by Crippen LogP contribution is -2.44. The van der Waals surface area contributed by atoms with Crippen molar-refractivity contribution >= 4 is 33.2 Å². The van der Waals surface area contributed by atoms with E-state index in [4.69, 9.17) is 11.6 Å². The molecule has 88 valence electrons. The fourth-order valence-corrected chi connectivity index (χ4v) is 2.66. The number of likely N-dealkylation sites (N-methyl/N-ethyl adjacent to an activating group) is 1. The van der Waals surface area contributed by atoms with Crippen LogP contribution in [-0.4, -0.2) is 38.1 Å². The van der Waals surface area contributed by atoms with Gasteiger partial charge in [-0.2, -0.15) is 0 Å². The molecule has 0 aromatic heterocycles. The second-order valence-electron chi connectivity index (χ2n) is 4.20. The lowest BCUT2D eigenvalue weighted by Gasteiger charge is -2.35. The molecule has 1 saturated heterocycles. The molecule has 1 fully saturated rings. The van der Waals surface area contributed by atoms with Gasteiger partial charge in [0.25, 0.3) is 0 Å². The van der Waals surface area contributed by atoms with Gasteiger partial charge in [-0.1, -0.05) is 27.5 Å². The molecule has 1 aromatic rings. The summed E-state index contributed by atoms with van der Waals surface area (Å²) in [5, 5.41) is 1.67. The molecule has 1 aliphatic heterocycles. The molecule has 2 nitrogen and oxygen atoms in total. The lowest BCUT2D eigenvalue weighted by molar-refractivity contribution is 0.312. The number of halogens is 2. The SMILES string of the molecule is CN1CCN(c2ccc(Cl)cc2CBr)CC1. The van der Waals surface area contributed by atoms with Gasteiger partial charge < -0.3 is 9.80 Å². The average Bonchev–Trinajstić information content (AvgIpc) is 2.30. The molecule has 0 spiro atoms. The van der Waals surface area contributed by atoms with E-state index in [9.17, 15) is 0 Å². The second-order valence-corrected chi connectivity index (χ2v) is 5.19. The molecule has 0 bridgehead atoms. The summed E-state index contributed by atoms with van der Waals surface area (Å²) in [5.41, 5.74) is 2.59. The summed E-state index contributed by atoms with van der Waals surface area (Å²) in [6.07, 6.45) is 0. The van der Waals surface area contributed by atoms with Crippen LogP contribution in [0.15, 0.2) is 18.2 Å². The van der Waals surface area contributed by atoms with E-state index in [1.807, 2.05) is 12.1 Å². The molecule has 4 heteroatoms.